The van der Waals surface area contributed by atoms with Gasteiger partial charge in [0, 0.05) is 13.2 Å². The Bertz CT molecular complexity index is 859. The highest BCUT2D eigenvalue weighted by molar-refractivity contribution is 7.89. The van der Waals surface area contributed by atoms with Gasteiger partial charge in [-0.1, -0.05) is 42.5 Å². The number of carbonyl (C=O) groups is 1. The quantitative estimate of drug-likeness (QED) is 0.680. The summed E-state index contributed by atoms with van der Waals surface area (Å²) in [6.45, 7) is 2.02. The van der Waals surface area contributed by atoms with E-state index in [1.54, 1.807) is 31.2 Å². The summed E-state index contributed by atoms with van der Waals surface area (Å²) in [6.07, 6.45) is 0.125. The molecule has 0 spiro atoms. The van der Waals surface area contributed by atoms with Crippen LogP contribution < -0.4 is 10.0 Å². The molecule has 0 aliphatic carbocycles. The molecule has 6 nitrogen and oxygen atoms in total. The zero-order valence-corrected chi connectivity index (χ0v) is 16.0. The third-order valence-electron chi connectivity index (χ3n) is 3.83. The molecule has 0 aliphatic heterocycles. The Morgan fingerprint density at radius 3 is 2.37 bits per heavy atom. The minimum atomic E-state index is -4.22. The SMILES string of the molecule is COC[C@@H](C)NC(=O)[C@H](Cc1ccccc1)NS(=O)(=O)c1ccccc1F. The van der Waals surface area contributed by atoms with E-state index in [1.165, 1.54) is 19.2 Å². The van der Waals surface area contributed by atoms with Crippen LogP contribution in [0, 0.1) is 5.82 Å². The van der Waals surface area contributed by atoms with E-state index < -0.39 is 32.7 Å². The average Bonchev–Trinajstić information content (AvgIpc) is 2.62. The zero-order chi connectivity index (χ0) is 19.9. The van der Waals surface area contributed by atoms with Crippen LogP contribution in [0.3, 0.4) is 0 Å². The highest BCUT2D eigenvalue weighted by Crippen LogP contribution is 2.15. The predicted molar refractivity (Wildman–Crippen MR) is 100 cm³/mol. The third-order valence-corrected chi connectivity index (χ3v) is 5.33. The average molecular weight is 394 g/mol. The molecule has 0 unspecified atom stereocenters. The van der Waals surface area contributed by atoms with Crippen LogP contribution in [-0.4, -0.2) is 40.1 Å². The minimum absolute atomic E-state index is 0.125. The summed E-state index contributed by atoms with van der Waals surface area (Å²) in [5, 5.41) is 2.71. The molecule has 146 valence electrons. The number of methoxy groups -OCH3 is 1. The van der Waals surface area contributed by atoms with Crippen molar-refractivity contribution in [3.63, 3.8) is 0 Å². The van der Waals surface area contributed by atoms with E-state index in [9.17, 15) is 17.6 Å². The van der Waals surface area contributed by atoms with Crippen LogP contribution in [0.5, 0.6) is 0 Å². The van der Waals surface area contributed by atoms with Gasteiger partial charge in [-0.3, -0.25) is 4.79 Å². The summed E-state index contributed by atoms with van der Waals surface area (Å²) in [4.78, 5) is 12.1. The minimum Gasteiger partial charge on any atom is -0.383 e. The molecule has 0 bridgehead atoms. The van der Waals surface area contributed by atoms with Crippen LogP contribution >= 0.6 is 0 Å². The molecule has 2 rings (SSSR count). The molecule has 0 fully saturated rings. The van der Waals surface area contributed by atoms with Crippen LogP contribution in [0.25, 0.3) is 0 Å². The second-order valence-corrected chi connectivity index (χ2v) is 7.84. The number of halogens is 1. The Morgan fingerprint density at radius 2 is 1.74 bits per heavy atom. The van der Waals surface area contributed by atoms with Crippen molar-refractivity contribution in [3.8, 4) is 0 Å². The Morgan fingerprint density at radius 1 is 1.11 bits per heavy atom. The Hall–Kier alpha value is -2.29. The molecular weight excluding hydrogens is 371 g/mol. The summed E-state index contributed by atoms with van der Waals surface area (Å²) < 4.78 is 46.5. The van der Waals surface area contributed by atoms with Gasteiger partial charge >= 0.3 is 0 Å². The number of benzene rings is 2. The van der Waals surface area contributed by atoms with Gasteiger partial charge in [-0.15, -0.1) is 0 Å². The van der Waals surface area contributed by atoms with Crippen molar-refractivity contribution in [2.24, 2.45) is 0 Å². The summed E-state index contributed by atoms with van der Waals surface area (Å²) >= 11 is 0. The smallest absolute Gasteiger partial charge is 0.244 e. The summed E-state index contributed by atoms with van der Waals surface area (Å²) in [5.74, 6) is -1.39. The predicted octanol–water partition coefficient (Wildman–Crippen LogP) is 1.87. The number of sulfonamides is 1. The van der Waals surface area contributed by atoms with Crippen molar-refractivity contribution >= 4 is 15.9 Å². The summed E-state index contributed by atoms with van der Waals surface area (Å²) in [5.41, 5.74) is 0.772. The molecule has 27 heavy (non-hydrogen) atoms. The first-order valence-corrected chi connectivity index (χ1v) is 9.92. The van der Waals surface area contributed by atoms with E-state index in [-0.39, 0.29) is 19.1 Å². The highest BCUT2D eigenvalue weighted by Gasteiger charge is 2.28. The maximum absolute atomic E-state index is 13.9. The lowest BCUT2D eigenvalue weighted by molar-refractivity contribution is -0.123. The van der Waals surface area contributed by atoms with Crippen molar-refractivity contribution in [1.29, 1.82) is 0 Å². The fraction of sp³-hybridized carbons (Fsp3) is 0.316. The van der Waals surface area contributed by atoms with Gasteiger partial charge in [0.15, 0.2) is 0 Å². The normalized spacial score (nSPS) is 13.7. The lowest BCUT2D eigenvalue weighted by Crippen LogP contribution is -2.50. The number of ether oxygens (including phenoxy) is 1. The zero-order valence-electron chi connectivity index (χ0n) is 15.2. The number of hydrogen-bond acceptors (Lipinski definition) is 4. The molecule has 8 heteroatoms. The first kappa shape index (κ1) is 21.0. The first-order valence-electron chi connectivity index (χ1n) is 8.43. The van der Waals surface area contributed by atoms with E-state index in [4.69, 9.17) is 4.74 Å². The van der Waals surface area contributed by atoms with Crippen LogP contribution in [0.4, 0.5) is 4.39 Å². The standard InChI is InChI=1S/C19H23FN2O4S/c1-14(13-26-2)21-19(23)17(12-15-8-4-3-5-9-15)22-27(24,25)18-11-7-6-10-16(18)20/h3-11,14,17,22H,12-13H2,1-2H3,(H,21,23)/t14-,17+/m1/s1. The molecule has 2 N–H and O–H groups in total. The van der Waals surface area contributed by atoms with Gasteiger partial charge in [0.2, 0.25) is 15.9 Å². The fourth-order valence-electron chi connectivity index (χ4n) is 2.59. The monoisotopic (exact) mass is 394 g/mol. The molecule has 0 heterocycles. The van der Waals surface area contributed by atoms with Crippen LogP contribution in [0.1, 0.15) is 12.5 Å². The van der Waals surface area contributed by atoms with Crippen molar-refractivity contribution < 1.29 is 22.3 Å². The largest absolute Gasteiger partial charge is 0.383 e. The van der Waals surface area contributed by atoms with Crippen LogP contribution in [0.15, 0.2) is 59.5 Å². The van der Waals surface area contributed by atoms with E-state index in [0.717, 1.165) is 17.7 Å². The first-order chi connectivity index (χ1) is 12.8. The lowest BCUT2D eigenvalue weighted by atomic mass is 10.1. The molecule has 1 amide bonds. The molecular formula is C19H23FN2O4S. The fourth-order valence-corrected chi connectivity index (χ4v) is 3.86. The topological polar surface area (TPSA) is 84.5 Å². The van der Waals surface area contributed by atoms with Crippen molar-refractivity contribution in [3.05, 3.63) is 66.0 Å². The number of nitrogens with one attached hydrogen (secondary N) is 2. The van der Waals surface area contributed by atoms with Gasteiger partial charge in [-0.25, -0.2) is 12.8 Å². The van der Waals surface area contributed by atoms with Crippen LogP contribution in [-0.2, 0) is 26.0 Å². The van der Waals surface area contributed by atoms with Crippen molar-refractivity contribution in [2.75, 3.05) is 13.7 Å². The van der Waals surface area contributed by atoms with E-state index in [2.05, 4.69) is 10.0 Å². The van der Waals surface area contributed by atoms with Gasteiger partial charge in [-0.05, 0) is 31.0 Å². The summed E-state index contributed by atoms with van der Waals surface area (Å²) in [6, 6.07) is 12.6. The Kier molecular flexibility index (Phi) is 7.46. The maximum atomic E-state index is 13.9. The molecule has 0 aliphatic rings. The van der Waals surface area contributed by atoms with Crippen molar-refractivity contribution in [2.45, 2.75) is 30.3 Å². The number of carbonyl (C=O) groups excluding carboxylic acids is 1. The van der Waals surface area contributed by atoms with Crippen molar-refractivity contribution in [1.82, 2.24) is 10.0 Å². The maximum Gasteiger partial charge on any atom is 0.244 e. The van der Waals surface area contributed by atoms with E-state index in [1.807, 2.05) is 6.07 Å². The van der Waals surface area contributed by atoms with E-state index >= 15 is 0 Å². The summed E-state index contributed by atoms with van der Waals surface area (Å²) in [7, 11) is -2.72. The number of amides is 1. The molecule has 2 atom stereocenters. The highest BCUT2D eigenvalue weighted by atomic mass is 32.2. The molecule has 2 aromatic rings. The third kappa shape index (κ3) is 6.13. The molecule has 2 aromatic carbocycles. The van der Waals surface area contributed by atoms with Gasteiger partial charge in [0.1, 0.15) is 16.8 Å². The Labute approximate surface area is 158 Å². The van der Waals surface area contributed by atoms with Crippen LogP contribution in [0.2, 0.25) is 0 Å². The van der Waals surface area contributed by atoms with Gasteiger partial charge in [-0.2, -0.15) is 4.72 Å². The van der Waals surface area contributed by atoms with E-state index in [0.29, 0.717) is 0 Å². The number of hydrogen-bond donors (Lipinski definition) is 2. The molecule has 0 saturated heterocycles. The molecule has 0 aromatic heterocycles. The van der Waals surface area contributed by atoms with Gasteiger partial charge in [0.05, 0.1) is 6.61 Å². The second-order valence-electron chi connectivity index (χ2n) is 6.16. The second kappa shape index (κ2) is 9.59. The lowest BCUT2D eigenvalue weighted by Gasteiger charge is -2.21. The molecule has 0 saturated carbocycles. The molecule has 0 radical (unpaired) electrons. The Balaban J connectivity index is 2.26. The number of rotatable bonds is 9. The van der Waals surface area contributed by atoms with Gasteiger partial charge < -0.3 is 10.1 Å². The van der Waals surface area contributed by atoms with Gasteiger partial charge in [0.25, 0.3) is 0 Å².